The molecule has 0 spiro atoms. The van der Waals surface area contributed by atoms with Crippen LogP contribution in [0.25, 0.3) is 16.6 Å². The minimum atomic E-state index is -0.351. The first-order valence-electron chi connectivity index (χ1n) is 11.5. The molecule has 5 heteroatoms. The summed E-state index contributed by atoms with van der Waals surface area (Å²) in [7, 11) is 0. The predicted molar refractivity (Wildman–Crippen MR) is 133 cm³/mol. The molecule has 1 atom stereocenters. The Kier molecular flexibility index (Phi) is 6.68. The van der Waals surface area contributed by atoms with Crippen molar-refractivity contribution in [1.82, 2.24) is 14.5 Å². The highest BCUT2D eigenvalue weighted by Gasteiger charge is 2.29. The number of aryl methyl sites for hydroxylation is 1. The Balaban J connectivity index is 1.92. The molecule has 33 heavy (non-hydrogen) atoms. The van der Waals surface area contributed by atoms with E-state index in [-0.39, 0.29) is 17.5 Å². The van der Waals surface area contributed by atoms with Gasteiger partial charge in [-0.2, -0.15) is 0 Å². The van der Waals surface area contributed by atoms with Gasteiger partial charge in [0.2, 0.25) is 0 Å². The van der Waals surface area contributed by atoms with Gasteiger partial charge in [0.1, 0.15) is 5.82 Å². The van der Waals surface area contributed by atoms with Crippen molar-refractivity contribution < 1.29 is 4.79 Å². The Labute approximate surface area is 194 Å². The number of rotatable bonds is 7. The molecule has 168 valence electrons. The topological polar surface area (TPSA) is 55.2 Å². The van der Waals surface area contributed by atoms with Crippen LogP contribution in [0, 0.1) is 6.92 Å². The fraction of sp³-hybridized carbons (Fsp3) is 0.250. The highest BCUT2D eigenvalue weighted by Crippen LogP contribution is 2.27. The monoisotopic (exact) mass is 439 g/mol. The zero-order valence-corrected chi connectivity index (χ0v) is 19.4. The molecule has 0 saturated carbocycles. The van der Waals surface area contributed by atoms with Crippen LogP contribution in [0.15, 0.2) is 83.7 Å². The molecule has 4 aromatic rings. The number of hydrogen-bond donors (Lipinski definition) is 0. The first-order chi connectivity index (χ1) is 16.0. The normalized spacial score (nSPS) is 12.0. The summed E-state index contributed by atoms with van der Waals surface area (Å²) in [5.41, 5.74) is 3.01. The van der Waals surface area contributed by atoms with Crippen LogP contribution < -0.4 is 5.56 Å². The molecule has 0 N–H and O–H groups in total. The van der Waals surface area contributed by atoms with Crippen LogP contribution in [-0.2, 0) is 0 Å². The van der Waals surface area contributed by atoms with Crippen molar-refractivity contribution in [3.8, 4) is 5.69 Å². The van der Waals surface area contributed by atoms with E-state index in [2.05, 4.69) is 6.92 Å². The molecular formula is C28H29N3O2. The lowest BCUT2D eigenvalue weighted by Gasteiger charge is -2.32. The van der Waals surface area contributed by atoms with Crippen LogP contribution in [0.3, 0.4) is 0 Å². The van der Waals surface area contributed by atoms with Gasteiger partial charge in [0.15, 0.2) is 0 Å². The Hall–Kier alpha value is -3.73. The number of fused-ring (bicyclic) bond motifs is 1. The average Bonchev–Trinajstić information content (AvgIpc) is 2.85. The smallest absolute Gasteiger partial charge is 0.266 e. The van der Waals surface area contributed by atoms with E-state index in [1.807, 2.05) is 91.5 Å². The Morgan fingerprint density at radius 3 is 2.27 bits per heavy atom. The molecule has 0 aliphatic rings. The SMILES string of the molecule is CCCN(C(=O)c1ccc(C)cc1)C(CC)c1nc2ccccc2c(=O)n1-c1ccccc1. The molecule has 1 unspecified atom stereocenters. The van der Waals surface area contributed by atoms with Gasteiger partial charge in [-0.3, -0.25) is 14.2 Å². The molecule has 4 rings (SSSR count). The van der Waals surface area contributed by atoms with Gasteiger partial charge in [-0.25, -0.2) is 4.98 Å². The highest BCUT2D eigenvalue weighted by molar-refractivity contribution is 5.94. The molecule has 0 aliphatic carbocycles. The summed E-state index contributed by atoms with van der Waals surface area (Å²) in [4.78, 5) is 34.1. The number of nitrogens with zero attached hydrogens (tertiary/aromatic N) is 3. The van der Waals surface area contributed by atoms with Crippen molar-refractivity contribution in [2.45, 2.75) is 39.7 Å². The van der Waals surface area contributed by atoms with Crippen molar-refractivity contribution in [2.24, 2.45) is 0 Å². The summed E-state index contributed by atoms with van der Waals surface area (Å²) in [5.74, 6) is 0.534. The molecule has 3 aromatic carbocycles. The predicted octanol–water partition coefficient (Wildman–Crippen LogP) is 5.70. The Morgan fingerprint density at radius 1 is 0.939 bits per heavy atom. The van der Waals surface area contributed by atoms with Crippen molar-refractivity contribution in [1.29, 1.82) is 0 Å². The van der Waals surface area contributed by atoms with Gasteiger partial charge in [-0.1, -0.05) is 61.9 Å². The number of hydrogen-bond acceptors (Lipinski definition) is 3. The lowest BCUT2D eigenvalue weighted by molar-refractivity contribution is 0.0659. The molecule has 1 heterocycles. The largest absolute Gasteiger partial charge is 0.328 e. The van der Waals surface area contributed by atoms with Crippen molar-refractivity contribution in [3.05, 3.63) is 106 Å². The van der Waals surface area contributed by atoms with Crippen LogP contribution in [0.4, 0.5) is 0 Å². The van der Waals surface area contributed by atoms with E-state index >= 15 is 0 Å². The lowest BCUT2D eigenvalue weighted by atomic mass is 10.1. The van der Waals surface area contributed by atoms with Crippen LogP contribution >= 0.6 is 0 Å². The molecule has 1 amide bonds. The molecule has 0 bridgehead atoms. The quantitative estimate of drug-likeness (QED) is 0.371. The Bertz CT molecular complexity index is 1310. The second kappa shape index (κ2) is 9.82. The number of benzene rings is 3. The van der Waals surface area contributed by atoms with Crippen LogP contribution in [0.1, 0.15) is 54.5 Å². The number of carbonyl (C=O) groups is 1. The number of aromatic nitrogens is 2. The maximum Gasteiger partial charge on any atom is 0.266 e. The number of amides is 1. The minimum Gasteiger partial charge on any atom is -0.328 e. The maximum atomic E-state index is 13.6. The van der Waals surface area contributed by atoms with E-state index in [1.165, 1.54) is 0 Å². The molecule has 1 aromatic heterocycles. The van der Waals surface area contributed by atoms with E-state index in [9.17, 15) is 9.59 Å². The summed E-state index contributed by atoms with van der Waals surface area (Å²) >= 11 is 0. The number of para-hydroxylation sites is 2. The van der Waals surface area contributed by atoms with Crippen molar-refractivity contribution in [2.75, 3.05) is 6.54 Å². The summed E-state index contributed by atoms with van der Waals surface area (Å²) in [6.07, 6.45) is 1.44. The first-order valence-corrected chi connectivity index (χ1v) is 11.5. The average molecular weight is 440 g/mol. The summed E-state index contributed by atoms with van der Waals surface area (Å²) in [5, 5.41) is 0.562. The fourth-order valence-electron chi connectivity index (χ4n) is 4.24. The zero-order valence-electron chi connectivity index (χ0n) is 19.4. The molecule has 0 saturated heterocycles. The lowest BCUT2D eigenvalue weighted by Crippen LogP contribution is -2.39. The molecule has 5 nitrogen and oxygen atoms in total. The van der Waals surface area contributed by atoms with E-state index in [1.54, 1.807) is 10.6 Å². The molecule has 0 aliphatic heterocycles. The maximum absolute atomic E-state index is 13.6. The van der Waals surface area contributed by atoms with Gasteiger partial charge in [0, 0.05) is 12.1 Å². The second-order valence-corrected chi connectivity index (χ2v) is 8.25. The van der Waals surface area contributed by atoms with Gasteiger partial charge >= 0.3 is 0 Å². The van der Waals surface area contributed by atoms with Gasteiger partial charge in [0.05, 0.1) is 22.6 Å². The minimum absolute atomic E-state index is 0.0503. The van der Waals surface area contributed by atoms with E-state index < -0.39 is 0 Å². The van der Waals surface area contributed by atoms with Gasteiger partial charge in [0.25, 0.3) is 11.5 Å². The summed E-state index contributed by atoms with van der Waals surface area (Å²) in [6.45, 7) is 6.67. The van der Waals surface area contributed by atoms with E-state index in [4.69, 9.17) is 4.98 Å². The van der Waals surface area contributed by atoms with Crippen molar-refractivity contribution in [3.63, 3.8) is 0 Å². The third kappa shape index (κ3) is 4.44. The highest BCUT2D eigenvalue weighted by atomic mass is 16.2. The van der Waals surface area contributed by atoms with Crippen LogP contribution in [-0.4, -0.2) is 26.9 Å². The standard InChI is InChI=1S/C28H29N3O2/c1-4-19-30(27(32)21-17-15-20(3)16-18-21)25(5-2)26-29-24-14-10-9-13-23(24)28(33)31(26)22-11-7-6-8-12-22/h6-18,25H,4-5,19H2,1-3H3. The summed E-state index contributed by atoms with van der Waals surface area (Å²) < 4.78 is 1.67. The zero-order chi connectivity index (χ0) is 23.4. The van der Waals surface area contributed by atoms with Crippen LogP contribution in [0.5, 0.6) is 0 Å². The van der Waals surface area contributed by atoms with Gasteiger partial charge < -0.3 is 4.90 Å². The van der Waals surface area contributed by atoms with Crippen LogP contribution in [0.2, 0.25) is 0 Å². The summed E-state index contributed by atoms with van der Waals surface area (Å²) in [6, 6.07) is 24.2. The third-order valence-electron chi connectivity index (χ3n) is 5.90. The molecular weight excluding hydrogens is 410 g/mol. The van der Waals surface area contributed by atoms with Gasteiger partial charge in [-0.05, 0) is 56.2 Å². The van der Waals surface area contributed by atoms with E-state index in [0.717, 1.165) is 17.7 Å². The van der Waals surface area contributed by atoms with Crippen molar-refractivity contribution >= 4 is 16.8 Å². The van der Waals surface area contributed by atoms with E-state index in [0.29, 0.717) is 35.3 Å². The fourth-order valence-corrected chi connectivity index (χ4v) is 4.24. The molecule has 0 fully saturated rings. The first kappa shape index (κ1) is 22.5. The third-order valence-corrected chi connectivity index (χ3v) is 5.90. The molecule has 0 radical (unpaired) electrons. The second-order valence-electron chi connectivity index (χ2n) is 8.25. The van der Waals surface area contributed by atoms with Gasteiger partial charge in [-0.15, -0.1) is 0 Å². The Morgan fingerprint density at radius 2 is 1.61 bits per heavy atom. The number of carbonyl (C=O) groups excluding carboxylic acids is 1.